The van der Waals surface area contributed by atoms with Gasteiger partial charge in [-0.25, -0.2) is 0 Å². The number of hydrogen-bond donors (Lipinski definition) is 1. The van der Waals surface area contributed by atoms with Crippen LogP contribution >= 0.6 is 0 Å². The number of benzene rings is 1. The topological polar surface area (TPSA) is 21.3 Å². The zero-order valence-electron chi connectivity index (χ0n) is 12.3. The number of unbranched alkanes of at least 4 members (excludes halogenated alkanes) is 2. The lowest BCUT2D eigenvalue weighted by molar-refractivity contribution is 0.0654. The minimum Gasteiger partial charge on any atom is -0.367 e. The third-order valence-electron chi connectivity index (χ3n) is 3.15. The molecular weight excluding hydrogens is 234 g/mol. The van der Waals surface area contributed by atoms with Crippen molar-refractivity contribution in [3.05, 3.63) is 42.0 Å². The van der Waals surface area contributed by atoms with E-state index in [4.69, 9.17) is 4.74 Å². The molecule has 2 heteroatoms. The molecule has 0 amide bonds. The van der Waals surface area contributed by atoms with Crippen LogP contribution < -0.4 is 5.32 Å². The second-order valence-corrected chi connectivity index (χ2v) is 4.78. The third kappa shape index (κ3) is 7.81. The normalized spacial score (nSPS) is 12.9. The van der Waals surface area contributed by atoms with Crippen LogP contribution in [0.4, 0.5) is 0 Å². The van der Waals surface area contributed by atoms with Crippen LogP contribution in [0.2, 0.25) is 0 Å². The lowest BCUT2D eigenvalue weighted by Crippen LogP contribution is -2.31. The molecule has 0 saturated carbocycles. The molecule has 19 heavy (non-hydrogen) atoms. The summed E-state index contributed by atoms with van der Waals surface area (Å²) in [6.45, 7) is 3.19. The van der Waals surface area contributed by atoms with Crippen LogP contribution in [-0.4, -0.2) is 19.9 Å². The van der Waals surface area contributed by atoms with Crippen molar-refractivity contribution in [1.29, 1.82) is 0 Å². The van der Waals surface area contributed by atoms with E-state index in [0.29, 0.717) is 0 Å². The molecule has 0 aromatic heterocycles. The first-order valence-electron chi connectivity index (χ1n) is 7.34. The molecule has 1 rings (SSSR count). The highest BCUT2D eigenvalue weighted by Gasteiger charge is 2.03. The Labute approximate surface area is 117 Å². The summed E-state index contributed by atoms with van der Waals surface area (Å²) in [4.78, 5) is 0. The molecule has 0 aliphatic rings. The van der Waals surface area contributed by atoms with Gasteiger partial charge in [-0.05, 0) is 24.8 Å². The predicted molar refractivity (Wildman–Crippen MR) is 83.0 cm³/mol. The van der Waals surface area contributed by atoms with Gasteiger partial charge in [-0.15, -0.1) is 0 Å². The highest BCUT2D eigenvalue weighted by molar-refractivity contribution is 5.48. The molecule has 1 atom stereocenters. The number of nitrogens with one attached hydrogen (secondary N) is 1. The second kappa shape index (κ2) is 10.8. The second-order valence-electron chi connectivity index (χ2n) is 4.78. The van der Waals surface area contributed by atoms with Crippen molar-refractivity contribution in [2.45, 2.75) is 45.3 Å². The van der Waals surface area contributed by atoms with Gasteiger partial charge in [-0.3, -0.25) is 5.32 Å². The zero-order chi connectivity index (χ0) is 13.8. The van der Waals surface area contributed by atoms with Crippen LogP contribution in [0.15, 0.2) is 36.4 Å². The maximum absolute atomic E-state index is 5.43. The van der Waals surface area contributed by atoms with Gasteiger partial charge >= 0.3 is 0 Å². The summed E-state index contributed by atoms with van der Waals surface area (Å²) in [5, 5.41) is 3.44. The van der Waals surface area contributed by atoms with Crippen molar-refractivity contribution in [3.63, 3.8) is 0 Å². The molecule has 2 nitrogen and oxygen atoms in total. The molecule has 0 saturated heterocycles. The van der Waals surface area contributed by atoms with Crippen molar-refractivity contribution < 1.29 is 4.74 Å². The predicted octanol–water partition coefficient (Wildman–Crippen LogP) is 4.23. The minimum atomic E-state index is 0.205. The number of ether oxygens (including phenoxy) is 1. The van der Waals surface area contributed by atoms with Gasteiger partial charge in [0.2, 0.25) is 0 Å². The first-order valence-corrected chi connectivity index (χ1v) is 7.34. The molecule has 0 heterocycles. The van der Waals surface area contributed by atoms with Gasteiger partial charge in [-0.1, -0.05) is 62.2 Å². The van der Waals surface area contributed by atoms with Crippen molar-refractivity contribution in [2.24, 2.45) is 0 Å². The first kappa shape index (κ1) is 15.9. The summed E-state index contributed by atoms with van der Waals surface area (Å²) < 4.78 is 5.43. The fraction of sp³-hybridized carbons (Fsp3) is 0.529. The number of hydrogen-bond acceptors (Lipinski definition) is 2. The van der Waals surface area contributed by atoms with E-state index in [1.165, 1.54) is 24.8 Å². The van der Waals surface area contributed by atoms with Gasteiger partial charge in [0.25, 0.3) is 0 Å². The van der Waals surface area contributed by atoms with Gasteiger partial charge in [0, 0.05) is 13.7 Å². The van der Waals surface area contributed by atoms with Gasteiger partial charge in [0.1, 0.15) is 6.23 Å². The molecule has 1 unspecified atom stereocenters. The Kier molecular flexibility index (Phi) is 9.03. The number of methoxy groups -OCH3 is 1. The highest BCUT2D eigenvalue weighted by atomic mass is 16.5. The Hall–Kier alpha value is -1.12. The summed E-state index contributed by atoms with van der Waals surface area (Å²) in [6.07, 6.45) is 10.5. The molecule has 0 bridgehead atoms. The van der Waals surface area contributed by atoms with Gasteiger partial charge in [-0.2, -0.15) is 0 Å². The van der Waals surface area contributed by atoms with E-state index in [9.17, 15) is 0 Å². The highest BCUT2D eigenvalue weighted by Crippen LogP contribution is 2.04. The van der Waals surface area contributed by atoms with Crippen molar-refractivity contribution in [1.82, 2.24) is 5.32 Å². The van der Waals surface area contributed by atoms with Crippen LogP contribution in [0.1, 0.15) is 44.6 Å². The van der Waals surface area contributed by atoms with Gasteiger partial charge in [0.05, 0.1) is 0 Å². The average Bonchev–Trinajstić information content (AvgIpc) is 2.46. The van der Waals surface area contributed by atoms with E-state index in [1.54, 1.807) is 7.11 Å². The maximum atomic E-state index is 5.43. The van der Waals surface area contributed by atoms with E-state index in [-0.39, 0.29) is 6.23 Å². The minimum absolute atomic E-state index is 0.205. The van der Waals surface area contributed by atoms with Crippen LogP contribution in [0.25, 0.3) is 6.08 Å². The Morgan fingerprint density at radius 1 is 1.21 bits per heavy atom. The fourth-order valence-corrected chi connectivity index (χ4v) is 1.99. The van der Waals surface area contributed by atoms with E-state index in [2.05, 4.69) is 48.7 Å². The molecule has 1 aromatic rings. The summed E-state index contributed by atoms with van der Waals surface area (Å²) in [6, 6.07) is 10.4. The molecule has 0 radical (unpaired) electrons. The molecule has 0 aliphatic carbocycles. The Morgan fingerprint density at radius 2 is 2.00 bits per heavy atom. The van der Waals surface area contributed by atoms with Crippen LogP contribution in [-0.2, 0) is 4.74 Å². The van der Waals surface area contributed by atoms with Crippen LogP contribution in [0, 0.1) is 0 Å². The zero-order valence-corrected chi connectivity index (χ0v) is 12.3. The quantitative estimate of drug-likeness (QED) is 0.502. The molecule has 0 fully saturated rings. The molecule has 0 aliphatic heterocycles. The van der Waals surface area contributed by atoms with Gasteiger partial charge < -0.3 is 4.74 Å². The van der Waals surface area contributed by atoms with E-state index >= 15 is 0 Å². The molecular formula is C17H27NO. The summed E-state index contributed by atoms with van der Waals surface area (Å²) in [5.74, 6) is 0. The Balaban J connectivity index is 2.13. The van der Waals surface area contributed by atoms with Crippen molar-refractivity contribution >= 4 is 6.08 Å². The average molecular weight is 261 g/mol. The summed E-state index contributed by atoms with van der Waals surface area (Å²) in [7, 11) is 1.78. The first-order chi connectivity index (χ1) is 9.36. The van der Waals surface area contributed by atoms with Crippen molar-refractivity contribution in [3.8, 4) is 0 Å². The van der Waals surface area contributed by atoms with Crippen LogP contribution in [0.5, 0.6) is 0 Å². The van der Waals surface area contributed by atoms with Crippen LogP contribution in [0.3, 0.4) is 0 Å². The Morgan fingerprint density at radius 3 is 2.68 bits per heavy atom. The standard InChI is InChI=1S/C17H27NO/c1-3-4-6-14-17(19-2)18-15-10-9-13-16-11-7-5-8-12-16/h5,7-9,11-13,17-18H,3-4,6,10,14-15H2,1-2H3. The molecule has 1 aromatic carbocycles. The van der Waals surface area contributed by atoms with E-state index in [0.717, 1.165) is 19.4 Å². The maximum Gasteiger partial charge on any atom is 0.107 e. The smallest absolute Gasteiger partial charge is 0.107 e. The molecule has 1 N–H and O–H groups in total. The summed E-state index contributed by atoms with van der Waals surface area (Å²) >= 11 is 0. The summed E-state index contributed by atoms with van der Waals surface area (Å²) in [5.41, 5.74) is 1.26. The molecule has 0 spiro atoms. The fourth-order valence-electron chi connectivity index (χ4n) is 1.99. The van der Waals surface area contributed by atoms with Gasteiger partial charge in [0.15, 0.2) is 0 Å². The van der Waals surface area contributed by atoms with E-state index < -0.39 is 0 Å². The SMILES string of the molecule is CCCCCC(NCCC=Cc1ccccc1)OC. The third-order valence-corrected chi connectivity index (χ3v) is 3.15. The molecule has 106 valence electrons. The Bertz CT molecular complexity index is 334. The monoisotopic (exact) mass is 261 g/mol. The number of rotatable bonds is 10. The lowest BCUT2D eigenvalue weighted by Gasteiger charge is -2.16. The lowest BCUT2D eigenvalue weighted by atomic mass is 10.2. The van der Waals surface area contributed by atoms with E-state index in [1.807, 2.05) is 6.07 Å². The van der Waals surface area contributed by atoms with Crippen molar-refractivity contribution in [2.75, 3.05) is 13.7 Å². The largest absolute Gasteiger partial charge is 0.367 e.